The first-order valence-corrected chi connectivity index (χ1v) is 6.29. The maximum atomic E-state index is 4.10. The molecule has 0 saturated carbocycles. The van der Waals surface area contributed by atoms with E-state index in [1.807, 2.05) is 19.1 Å². The van der Waals surface area contributed by atoms with Crippen molar-refractivity contribution in [3.8, 4) is 0 Å². The summed E-state index contributed by atoms with van der Waals surface area (Å²) < 4.78 is 0. The second-order valence-corrected chi connectivity index (χ2v) is 4.45. The van der Waals surface area contributed by atoms with Gasteiger partial charge in [0, 0.05) is 6.04 Å². The topological polar surface area (TPSA) is 37.8 Å². The van der Waals surface area contributed by atoms with Crippen LogP contribution in [-0.2, 0) is 0 Å². The standard InChI is InChI=1S/C13H23N3/c1-4-5-6-7-8-11(2)14-13-10-9-12(3)15-16-13/h9-11H,4-8H2,1-3H3,(H,14,16). The molecular weight excluding hydrogens is 198 g/mol. The van der Waals surface area contributed by atoms with Crippen LogP contribution in [0.3, 0.4) is 0 Å². The lowest BCUT2D eigenvalue weighted by molar-refractivity contribution is 0.592. The zero-order valence-electron chi connectivity index (χ0n) is 10.7. The lowest BCUT2D eigenvalue weighted by Gasteiger charge is -2.13. The minimum Gasteiger partial charge on any atom is -0.366 e. The first-order valence-electron chi connectivity index (χ1n) is 6.29. The van der Waals surface area contributed by atoms with Crippen molar-refractivity contribution in [2.75, 3.05) is 5.32 Å². The monoisotopic (exact) mass is 221 g/mol. The van der Waals surface area contributed by atoms with Gasteiger partial charge in [0.2, 0.25) is 0 Å². The summed E-state index contributed by atoms with van der Waals surface area (Å²) in [5.41, 5.74) is 0.959. The fourth-order valence-corrected chi connectivity index (χ4v) is 1.68. The number of nitrogens with zero attached hydrogens (tertiary/aromatic N) is 2. The number of aromatic nitrogens is 2. The van der Waals surface area contributed by atoms with Crippen LogP contribution in [0.4, 0.5) is 5.82 Å². The third kappa shape index (κ3) is 5.10. The Morgan fingerprint density at radius 2 is 2.00 bits per heavy atom. The quantitative estimate of drug-likeness (QED) is 0.715. The molecule has 1 unspecified atom stereocenters. The molecule has 1 atom stereocenters. The summed E-state index contributed by atoms with van der Waals surface area (Å²) in [6.07, 6.45) is 6.47. The van der Waals surface area contributed by atoms with E-state index in [0.717, 1.165) is 11.5 Å². The highest BCUT2D eigenvalue weighted by molar-refractivity contribution is 5.33. The molecule has 1 rings (SSSR count). The molecule has 16 heavy (non-hydrogen) atoms. The van der Waals surface area contributed by atoms with Gasteiger partial charge in [0.25, 0.3) is 0 Å². The van der Waals surface area contributed by atoms with Crippen molar-refractivity contribution in [1.29, 1.82) is 0 Å². The van der Waals surface area contributed by atoms with Gasteiger partial charge in [-0.1, -0.05) is 32.6 Å². The fraction of sp³-hybridized carbons (Fsp3) is 0.692. The predicted molar refractivity (Wildman–Crippen MR) is 68.6 cm³/mol. The third-order valence-corrected chi connectivity index (χ3v) is 2.68. The van der Waals surface area contributed by atoms with Crippen LogP contribution in [0.2, 0.25) is 0 Å². The molecule has 1 aromatic rings. The van der Waals surface area contributed by atoms with Gasteiger partial charge in [0.15, 0.2) is 0 Å². The molecule has 1 aromatic heterocycles. The van der Waals surface area contributed by atoms with Gasteiger partial charge in [-0.2, -0.15) is 5.10 Å². The van der Waals surface area contributed by atoms with Gasteiger partial charge in [0.05, 0.1) is 5.69 Å². The van der Waals surface area contributed by atoms with E-state index in [1.54, 1.807) is 0 Å². The number of hydrogen-bond donors (Lipinski definition) is 1. The van der Waals surface area contributed by atoms with Crippen molar-refractivity contribution in [3.05, 3.63) is 17.8 Å². The highest BCUT2D eigenvalue weighted by Crippen LogP contribution is 2.09. The maximum absolute atomic E-state index is 4.10. The van der Waals surface area contributed by atoms with Crippen molar-refractivity contribution in [1.82, 2.24) is 10.2 Å². The highest BCUT2D eigenvalue weighted by Gasteiger charge is 2.02. The molecule has 90 valence electrons. The average Bonchev–Trinajstić information content (AvgIpc) is 2.28. The van der Waals surface area contributed by atoms with Crippen LogP contribution in [-0.4, -0.2) is 16.2 Å². The van der Waals surface area contributed by atoms with E-state index in [1.165, 1.54) is 32.1 Å². The van der Waals surface area contributed by atoms with E-state index in [4.69, 9.17) is 0 Å². The molecule has 0 aliphatic heterocycles. The van der Waals surface area contributed by atoms with Crippen LogP contribution in [0.1, 0.15) is 51.6 Å². The number of hydrogen-bond acceptors (Lipinski definition) is 3. The Balaban J connectivity index is 2.23. The van der Waals surface area contributed by atoms with Crippen LogP contribution in [0.15, 0.2) is 12.1 Å². The van der Waals surface area contributed by atoms with Crippen molar-refractivity contribution < 1.29 is 0 Å². The van der Waals surface area contributed by atoms with Crippen molar-refractivity contribution in [3.63, 3.8) is 0 Å². The van der Waals surface area contributed by atoms with E-state index >= 15 is 0 Å². The van der Waals surface area contributed by atoms with Crippen LogP contribution in [0, 0.1) is 6.92 Å². The normalized spacial score (nSPS) is 12.4. The highest BCUT2D eigenvalue weighted by atomic mass is 15.2. The summed E-state index contributed by atoms with van der Waals surface area (Å²) in [5.74, 6) is 0.883. The van der Waals surface area contributed by atoms with Crippen LogP contribution in [0.25, 0.3) is 0 Å². The number of aryl methyl sites for hydroxylation is 1. The molecule has 0 bridgehead atoms. The molecule has 3 nitrogen and oxygen atoms in total. The van der Waals surface area contributed by atoms with Crippen LogP contribution >= 0.6 is 0 Å². The maximum Gasteiger partial charge on any atom is 0.148 e. The molecular formula is C13H23N3. The first-order chi connectivity index (χ1) is 7.72. The summed E-state index contributed by atoms with van der Waals surface area (Å²) in [6.45, 7) is 6.39. The molecule has 0 aliphatic rings. The summed E-state index contributed by atoms with van der Waals surface area (Å²) in [5, 5.41) is 11.5. The molecule has 0 amide bonds. The van der Waals surface area contributed by atoms with Gasteiger partial charge in [-0.15, -0.1) is 5.10 Å². The second kappa shape index (κ2) is 7.20. The van der Waals surface area contributed by atoms with E-state index < -0.39 is 0 Å². The fourth-order valence-electron chi connectivity index (χ4n) is 1.68. The zero-order valence-corrected chi connectivity index (χ0v) is 10.7. The molecule has 0 saturated heterocycles. The first kappa shape index (κ1) is 12.9. The lowest BCUT2D eigenvalue weighted by atomic mass is 10.1. The molecule has 0 aromatic carbocycles. The van der Waals surface area contributed by atoms with Gasteiger partial charge in [-0.3, -0.25) is 0 Å². The lowest BCUT2D eigenvalue weighted by Crippen LogP contribution is -2.16. The second-order valence-electron chi connectivity index (χ2n) is 4.45. The Kier molecular flexibility index (Phi) is 5.83. The smallest absolute Gasteiger partial charge is 0.148 e. The number of nitrogens with one attached hydrogen (secondary N) is 1. The van der Waals surface area contributed by atoms with Gasteiger partial charge in [-0.25, -0.2) is 0 Å². The van der Waals surface area contributed by atoms with Crippen LogP contribution in [0.5, 0.6) is 0 Å². The van der Waals surface area contributed by atoms with Gasteiger partial charge >= 0.3 is 0 Å². The van der Waals surface area contributed by atoms with E-state index in [2.05, 4.69) is 29.4 Å². The Hall–Kier alpha value is -1.12. The number of rotatable bonds is 7. The molecule has 0 aliphatic carbocycles. The minimum absolute atomic E-state index is 0.480. The van der Waals surface area contributed by atoms with E-state index in [-0.39, 0.29) is 0 Å². The Labute approximate surface area is 98.7 Å². The predicted octanol–water partition coefficient (Wildman–Crippen LogP) is 3.56. The molecule has 1 N–H and O–H groups in total. The average molecular weight is 221 g/mol. The molecule has 3 heteroatoms. The molecule has 0 fully saturated rings. The Morgan fingerprint density at radius 3 is 2.62 bits per heavy atom. The Bertz CT molecular complexity index is 282. The number of anilines is 1. The van der Waals surface area contributed by atoms with Crippen molar-refractivity contribution in [2.45, 2.75) is 58.9 Å². The van der Waals surface area contributed by atoms with Gasteiger partial charge in [-0.05, 0) is 32.4 Å². The largest absolute Gasteiger partial charge is 0.366 e. The van der Waals surface area contributed by atoms with Gasteiger partial charge in [0.1, 0.15) is 5.82 Å². The van der Waals surface area contributed by atoms with Crippen LogP contribution < -0.4 is 5.32 Å². The summed E-state index contributed by atoms with van der Waals surface area (Å²) in [6, 6.07) is 4.46. The van der Waals surface area contributed by atoms with E-state index in [0.29, 0.717) is 6.04 Å². The Morgan fingerprint density at radius 1 is 1.19 bits per heavy atom. The van der Waals surface area contributed by atoms with Gasteiger partial charge < -0.3 is 5.32 Å². The minimum atomic E-state index is 0.480. The molecule has 1 heterocycles. The van der Waals surface area contributed by atoms with Crippen molar-refractivity contribution in [2.24, 2.45) is 0 Å². The number of unbranched alkanes of at least 4 members (excludes halogenated alkanes) is 3. The van der Waals surface area contributed by atoms with Crippen molar-refractivity contribution >= 4 is 5.82 Å². The SMILES string of the molecule is CCCCCCC(C)Nc1ccc(C)nn1. The third-order valence-electron chi connectivity index (χ3n) is 2.68. The summed E-state index contributed by atoms with van der Waals surface area (Å²) >= 11 is 0. The van der Waals surface area contributed by atoms with E-state index in [9.17, 15) is 0 Å². The molecule has 0 spiro atoms. The molecule has 0 radical (unpaired) electrons. The summed E-state index contributed by atoms with van der Waals surface area (Å²) in [7, 11) is 0. The zero-order chi connectivity index (χ0) is 11.8. The summed E-state index contributed by atoms with van der Waals surface area (Å²) in [4.78, 5) is 0.